The van der Waals surface area contributed by atoms with E-state index in [1.165, 1.54) is 24.5 Å². The van der Waals surface area contributed by atoms with E-state index in [2.05, 4.69) is 28.1 Å². The van der Waals surface area contributed by atoms with E-state index in [-0.39, 0.29) is 40.9 Å². The zero-order chi connectivity index (χ0) is 52.3. The molecule has 73 heavy (non-hydrogen) atoms. The number of carbonyl (C=O) groups is 2. The number of aromatic amines is 1. The van der Waals surface area contributed by atoms with Crippen LogP contribution in [0.25, 0.3) is 22.3 Å². The third kappa shape index (κ3) is 7.09. The Kier molecular flexibility index (Phi) is 11.6. The Morgan fingerprint density at radius 1 is 0.973 bits per heavy atom. The molecule has 8 heterocycles. The molecule has 11 rings (SSSR count). The number of esters is 1. The first-order chi connectivity index (χ1) is 34.6. The van der Waals surface area contributed by atoms with Gasteiger partial charge in [0.1, 0.15) is 52.1 Å². The van der Waals surface area contributed by atoms with Gasteiger partial charge in [0.05, 0.1) is 12.6 Å². The fraction of sp³-hybridized carbons (Fsp3) is 0.380. The Balaban J connectivity index is 1.27. The van der Waals surface area contributed by atoms with E-state index in [0.717, 1.165) is 18.2 Å². The van der Waals surface area contributed by atoms with Crippen LogP contribution < -0.4 is 21.2 Å². The second-order valence-electron chi connectivity index (χ2n) is 18.5. The summed E-state index contributed by atoms with van der Waals surface area (Å²) in [5.41, 5.74) is -3.41. The molecule has 0 amide bonds. The van der Waals surface area contributed by atoms with E-state index in [1.54, 1.807) is 12.1 Å². The number of nitrogens with one attached hydrogen (secondary N) is 2. The highest BCUT2D eigenvalue weighted by Gasteiger charge is 2.76. The van der Waals surface area contributed by atoms with E-state index in [1.807, 2.05) is 12.8 Å². The van der Waals surface area contributed by atoms with Gasteiger partial charge in [-0.05, 0) is 48.1 Å². The molecule has 2 aromatic heterocycles. The normalized spacial score (nSPS) is 33.0. The number of phenolic OH excluding ortho intramolecular Hbond substituents is 3. The summed E-state index contributed by atoms with van der Waals surface area (Å²) in [5.74, 6) is -4.90. The number of carboxylic acid groups (broad SMARTS) is 1. The summed E-state index contributed by atoms with van der Waals surface area (Å²) in [7, 11) is 0. The number of H-pyrrole nitrogens is 1. The molecule has 2 aromatic carbocycles. The van der Waals surface area contributed by atoms with Crippen molar-refractivity contribution < 1.29 is 94.2 Å². The van der Waals surface area contributed by atoms with Crippen LogP contribution in [0.4, 0.5) is 0 Å². The van der Waals surface area contributed by atoms with Gasteiger partial charge in [0.25, 0.3) is 11.4 Å². The van der Waals surface area contributed by atoms with Crippen molar-refractivity contribution in [3.05, 3.63) is 104 Å². The van der Waals surface area contributed by atoms with Gasteiger partial charge in [0.2, 0.25) is 17.7 Å². The number of benzene rings is 2. The Morgan fingerprint density at radius 2 is 1.74 bits per heavy atom. The smallest absolute Gasteiger partial charge is 0.354 e. The third-order valence-corrected chi connectivity index (χ3v) is 14.4. The minimum Gasteiger partial charge on any atom is -0.507 e. The van der Waals surface area contributed by atoms with Gasteiger partial charge in [-0.3, -0.25) is 4.79 Å². The summed E-state index contributed by atoms with van der Waals surface area (Å²) in [4.78, 5) is 45.4. The molecule has 6 aliphatic heterocycles. The fourth-order valence-electron chi connectivity index (χ4n) is 10.4. The number of allylic oxidation sites excluding steroid dienone is 3. The first-order valence-electron chi connectivity index (χ1n) is 22.8. The number of aromatic nitrogens is 1. The first-order valence-corrected chi connectivity index (χ1v) is 22.8. The Hall–Kier alpha value is -7.23. The van der Waals surface area contributed by atoms with Crippen molar-refractivity contribution in [2.24, 2.45) is 5.73 Å². The van der Waals surface area contributed by atoms with Crippen LogP contribution in [0.5, 0.6) is 23.0 Å². The monoisotopic (exact) mass is 1010 g/mol. The van der Waals surface area contributed by atoms with Crippen LogP contribution in [0.2, 0.25) is 0 Å². The highest BCUT2D eigenvalue weighted by Crippen LogP contribution is 2.57. The van der Waals surface area contributed by atoms with Crippen LogP contribution in [-0.2, 0) is 36.6 Å². The number of phenols is 3. The Labute approximate surface area is 411 Å². The number of hydrogen-bond acceptors (Lipinski definition) is 21. The summed E-state index contributed by atoms with van der Waals surface area (Å²) in [6, 6.07) is 6.14. The first kappa shape index (κ1) is 49.4. The van der Waals surface area contributed by atoms with Crippen molar-refractivity contribution in [3.8, 4) is 58.0 Å². The van der Waals surface area contributed by atoms with Gasteiger partial charge >= 0.3 is 11.9 Å². The molecule has 4 aromatic rings. The number of carbonyl (C=O) groups excluding carboxylic acids is 1. The standard InChI is InChI=1S/C50H47N3O20/c1-2-21-13-25(20-53-42(21)51)27-16-26-17-28-22(6-11-52-28)5-3-8-46(66)40(61)41(62)49(26,73-48(46)10-4-9-47(44(63)64)50(67,68)39(60)38(59)43(72-47)70-45(48)65)71-33-19-32-35(37(58)34(27)33)29(55)18-31(69-32)24-14-23(7-12-54)36(57)30(56)15-24/h6,11,13-16,18-20,27,38-43,52-54,56-62,66-68H,2,7-8,10,12,17,51H2,1H3,(H,63,64). The second kappa shape index (κ2) is 17.2. The van der Waals surface area contributed by atoms with Gasteiger partial charge in [-0.1, -0.05) is 36.8 Å². The van der Waals surface area contributed by atoms with Crippen molar-refractivity contribution in [1.29, 1.82) is 0 Å². The van der Waals surface area contributed by atoms with Crippen LogP contribution in [0.1, 0.15) is 54.5 Å². The van der Waals surface area contributed by atoms with E-state index < -0.39 is 142 Å². The zero-order valence-corrected chi connectivity index (χ0v) is 38.2. The lowest BCUT2D eigenvalue weighted by Gasteiger charge is -2.57. The van der Waals surface area contributed by atoms with Crippen LogP contribution in [0.15, 0.2) is 80.8 Å². The Bertz CT molecular complexity index is 3320. The number of aliphatic hydroxyl groups excluding tert-OH is 5. The Morgan fingerprint density at radius 3 is 2.47 bits per heavy atom. The third-order valence-electron chi connectivity index (χ3n) is 14.4. The van der Waals surface area contributed by atoms with Crippen LogP contribution in [-0.4, -0.2) is 150 Å². The van der Waals surface area contributed by atoms with Crippen molar-refractivity contribution in [2.45, 2.75) is 110 Å². The molecule has 0 saturated carbocycles. The molecular weight excluding hydrogens is 963 g/mol. The average molecular weight is 1010 g/mol. The van der Waals surface area contributed by atoms with Crippen LogP contribution in [0.3, 0.4) is 0 Å². The lowest BCUT2D eigenvalue weighted by Crippen LogP contribution is -2.80. The quantitative estimate of drug-likeness (QED) is 0.0340. The summed E-state index contributed by atoms with van der Waals surface area (Å²) in [5, 5.41) is 139. The molecule has 2 fully saturated rings. The summed E-state index contributed by atoms with van der Waals surface area (Å²) in [6.45, 7) is 1.41. The molecule has 0 radical (unpaired) electrons. The minimum absolute atomic E-state index is 0.0403. The maximum atomic E-state index is 15.2. The number of aliphatic hydroxyl groups is 8. The molecule has 23 heteroatoms. The predicted molar refractivity (Wildman–Crippen MR) is 245 cm³/mol. The highest BCUT2D eigenvalue weighted by atomic mass is 16.8. The SMILES string of the molecule is CCC1=CC(C2C=C3Cc4[nH]ccc4C#CCC4(O)C(O)C(O)C3(Oc3cc5oc(-c6cc(O)c(O)c(CCO)c6)cc(=O)c5c(O)c32)OC42CC#CC3(C(=O)O)OC(OC2=O)C(O)C(O)C3(O)O)=CNC1N. The van der Waals surface area contributed by atoms with E-state index in [4.69, 9.17) is 29.1 Å². The van der Waals surface area contributed by atoms with Gasteiger partial charge in [-0.2, -0.15) is 0 Å². The maximum Gasteiger partial charge on any atom is 0.354 e. The van der Waals surface area contributed by atoms with Crippen molar-refractivity contribution in [3.63, 3.8) is 0 Å². The van der Waals surface area contributed by atoms with Crippen LogP contribution in [0, 0.1) is 23.7 Å². The van der Waals surface area contributed by atoms with Gasteiger partial charge in [-0.15, -0.1) is 0 Å². The molecular formula is C50H47N3O20. The van der Waals surface area contributed by atoms with Gasteiger partial charge in [0, 0.05) is 83.4 Å². The lowest BCUT2D eigenvalue weighted by atomic mass is 9.67. The molecule has 7 aliphatic rings. The van der Waals surface area contributed by atoms with Crippen molar-refractivity contribution >= 4 is 22.9 Å². The van der Waals surface area contributed by atoms with E-state index in [0.29, 0.717) is 28.8 Å². The topological polar surface area (TPSA) is 398 Å². The number of dihydropyridines is 1. The minimum atomic E-state index is -3.90. The summed E-state index contributed by atoms with van der Waals surface area (Å²) >= 11 is 0. The van der Waals surface area contributed by atoms with Gasteiger partial charge in [-0.25, -0.2) is 9.59 Å². The molecule has 1 aliphatic carbocycles. The molecule has 23 nitrogen and oxygen atoms in total. The average Bonchev–Trinajstić information content (AvgIpc) is 3.75. The predicted octanol–water partition coefficient (Wildman–Crippen LogP) is -1.60. The highest BCUT2D eigenvalue weighted by molar-refractivity contribution is 5.90. The maximum absolute atomic E-state index is 15.2. The van der Waals surface area contributed by atoms with Gasteiger partial charge in [0.15, 0.2) is 23.0 Å². The molecule has 2 spiro atoms. The van der Waals surface area contributed by atoms with E-state index >= 15 is 4.79 Å². The number of aliphatic carboxylic acids is 1. The molecule has 11 unspecified atom stereocenters. The number of aromatic hydroxyl groups is 3. The number of hydrogen-bond donors (Lipinski definition) is 15. The number of ether oxygens (including phenoxy) is 4. The van der Waals surface area contributed by atoms with Crippen molar-refractivity contribution in [1.82, 2.24) is 10.3 Å². The number of rotatable bonds is 6. The molecule has 382 valence electrons. The number of carboxylic acids is 1. The zero-order valence-electron chi connectivity index (χ0n) is 38.2. The van der Waals surface area contributed by atoms with Crippen molar-refractivity contribution in [2.75, 3.05) is 6.61 Å². The van der Waals surface area contributed by atoms with Crippen LogP contribution >= 0.6 is 0 Å². The fourth-order valence-corrected chi connectivity index (χ4v) is 10.4. The van der Waals surface area contributed by atoms with E-state index in [9.17, 15) is 70.9 Å². The van der Waals surface area contributed by atoms with Gasteiger partial charge < -0.3 is 101 Å². The summed E-state index contributed by atoms with van der Waals surface area (Å²) in [6.07, 6.45) is -9.93. The second-order valence-corrected chi connectivity index (χ2v) is 18.5. The molecule has 11 atom stereocenters. The molecule has 2 saturated heterocycles. The number of fused-ring (bicyclic) bond motifs is 6. The summed E-state index contributed by atoms with van der Waals surface area (Å²) < 4.78 is 30.7. The molecule has 4 bridgehead atoms. The molecule has 16 N–H and O–H groups in total. The number of nitrogens with two attached hydrogens (primary N) is 1. The lowest BCUT2D eigenvalue weighted by molar-refractivity contribution is -0.399. The largest absolute Gasteiger partial charge is 0.507 e.